The molecule has 0 spiro atoms. The largest absolute Gasteiger partial charge is 0.497 e. The minimum absolute atomic E-state index is 0.169. The van der Waals surface area contributed by atoms with Crippen molar-refractivity contribution in [1.29, 1.82) is 5.26 Å². The average Bonchev–Trinajstić information content (AvgIpc) is 2.89. The van der Waals surface area contributed by atoms with E-state index < -0.39 is 0 Å². The lowest BCUT2D eigenvalue weighted by molar-refractivity contribution is 0.129. The maximum absolute atomic E-state index is 9.11. The highest BCUT2D eigenvalue weighted by molar-refractivity contribution is 7.13. The van der Waals surface area contributed by atoms with Crippen molar-refractivity contribution in [2.75, 3.05) is 12.8 Å². The molecule has 0 saturated heterocycles. The van der Waals surface area contributed by atoms with E-state index in [0.29, 0.717) is 22.1 Å². The number of hydrogen-bond acceptors (Lipinski definition) is 7. The Kier molecular flexibility index (Phi) is 4.52. The van der Waals surface area contributed by atoms with Gasteiger partial charge in [0.2, 0.25) is 0 Å². The highest BCUT2D eigenvalue weighted by atomic mass is 32.1. The van der Waals surface area contributed by atoms with E-state index in [1.807, 2.05) is 6.07 Å². The van der Waals surface area contributed by atoms with Crippen LogP contribution in [0.2, 0.25) is 0 Å². The molecule has 0 amide bonds. The third-order valence-electron chi connectivity index (χ3n) is 2.39. The van der Waals surface area contributed by atoms with E-state index in [2.05, 4.69) is 10.1 Å². The van der Waals surface area contributed by atoms with E-state index >= 15 is 0 Å². The molecule has 0 unspecified atom stereocenters. The standard InChI is InChI=1S/C13H12N4O2S/c1-18-11-4-2-3-9(5-11)12(6-14)17-19-7-10-8-20-13(15)16-10/h2-5,8H,7H2,1H3,(H2,15,16). The zero-order valence-electron chi connectivity index (χ0n) is 10.7. The van der Waals surface area contributed by atoms with Crippen molar-refractivity contribution >= 4 is 22.2 Å². The highest BCUT2D eigenvalue weighted by Gasteiger charge is 2.05. The molecule has 1 aromatic carbocycles. The normalized spacial score (nSPS) is 10.9. The maximum Gasteiger partial charge on any atom is 0.187 e. The van der Waals surface area contributed by atoms with E-state index in [1.54, 1.807) is 36.8 Å². The Balaban J connectivity index is 2.07. The number of rotatable bonds is 5. The lowest BCUT2D eigenvalue weighted by Crippen LogP contribution is -2.00. The first-order chi connectivity index (χ1) is 9.72. The third kappa shape index (κ3) is 3.46. The summed E-state index contributed by atoms with van der Waals surface area (Å²) in [6.45, 7) is 0.169. The Morgan fingerprint density at radius 1 is 1.55 bits per heavy atom. The first-order valence-corrected chi connectivity index (χ1v) is 6.55. The van der Waals surface area contributed by atoms with Gasteiger partial charge in [-0.1, -0.05) is 17.3 Å². The van der Waals surface area contributed by atoms with Crippen LogP contribution in [0, 0.1) is 11.3 Å². The van der Waals surface area contributed by atoms with Crippen LogP contribution < -0.4 is 10.5 Å². The molecule has 2 aromatic rings. The number of nitriles is 1. The van der Waals surface area contributed by atoms with Gasteiger partial charge >= 0.3 is 0 Å². The summed E-state index contributed by atoms with van der Waals surface area (Å²) in [5.41, 5.74) is 6.99. The summed E-state index contributed by atoms with van der Waals surface area (Å²) in [6.07, 6.45) is 0. The van der Waals surface area contributed by atoms with Crippen LogP contribution in [0.5, 0.6) is 5.75 Å². The van der Waals surface area contributed by atoms with Gasteiger partial charge in [0.1, 0.15) is 11.8 Å². The van der Waals surface area contributed by atoms with E-state index in [0.717, 1.165) is 0 Å². The lowest BCUT2D eigenvalue weighted by Gasteiger charge is -2.02. The van der Waals surface area contributed by atoms with Crippen LogP contribution in [0.25, 0.3) is 0 Å². The van der Waals surface area contributed by atoms with Crippen LogP contribution in [0.15, 0.2) is 34.8 Å². The third-order valence-corrected chi connectivity index (χ3v) is 3.11. The van der Waals surface area contributed by atoms with Crippen molar-refractivity contribution in [3.8, 4) is 11.8 Å². The van der Waals surface area contributed by atoms with E-state index in [4.69, 9.17) is 20.6 Å². The number of ether oxygens (including phenoxy) is 1. The zero-order valence-corrected chi connectivity index (χ0v) is 11.6. The fourth-order valence-corrected chi connectivity index (χ4v) is 2.01. The SMILES string of the molecule is COc1cccc(C(C#N)=NOCc2csc(N)n2)c1. The number of benzene rings is 1. The van der Waals surface area contributed by atoms with E-state index in [9.17, 15) is 0 Å². The molecule has 1 heterocycles. The number of nitrogen functional groups attached to an aromatic ring is 1. The van der Waals surface area contributed by atoms with Gasteiger partial charge < -0.3 is 15.3 Å². The molecule has 6 nitrogen and oxygen atoms in total. The maximum atomic E-state index is 9.11. The number of oxime groups is 1. The molecule has 1 aromatic heterocycles. The number of anilines is 1. The lowest BCUT2D eigenvalue weighted by atomic mass is 10.1. The van der Waals surface area contributed by atoms with Crippen LogP contribution in [-0.4, -0.2) is 17.8 Å². The van der Waals surface area contributed by atoms with Crippen LogP contribution >= 0.6 is 11.3 Å². The smallest absolute Gasteiger partial charge is 0.187 e. The molecular formula is C13H12N4O2S. The number of nitrogens with zero attached hydrogens (tertiary/aromatic N) is 3. The van der Waals surface area contributed by atoms with Crippen LogP contribution in [0.1, 0.15) is 11.3 Å². The number of thiazole rings is 1. The van der Waals surface area contributed by atoms with Crippen molar-refractivity contribution in [2.24, 2.45) is 5.16 Å². The summed E-state index contributed by atoms with van der Waals surface area (Å²) in [7, 11) is 1.56. The molecule has 0 saturated carbocycles. The molecule has 0 aliphatic heterocycles. The van der Waals surface area contributed by atoms with Crippen molar-refractivity contribution < 1.29 is 9.57 Å². The van der Waals surface area contributed by atoms with Crippen LogP contribution in [0.4, 0.5) is 5.13 Å². The van der Waals surface area contributed by atoms with Gasteiger partial charge in [0.25, 0.3) is 0 Å². The monoisotopic (exact) mass is 288 g/mol. The van der Waals surface area contributed by atoms with Crippen molar-refractivity contribution in [3.63, 3.8) is 0 Å². The molecule has 0 atom stereocenters. The first-order valence-electron chi connectivity index (χ1n) is 5.67. The van der Waals surface area contributed by atoms with Crippen LogP contribution in [0.3, 0.4) is 0 Å². The second-order valence-corrected chi connectivity index (χ2v) is 4.62. The topological polar surface area (TPSA) is 93.5 Å². The Morgan fingerprint density at radius 3 is 3.05 bits per heavy atom. The van der Waals surface area contributed by atoms with Gasteiger partial charge in [-0.3, -0.25) is 0 Å². The summed E-state index contributed by atoms with van der Waals surface area (Å²) in [5.74, 6) is 0.651. The van der Waals surface area contributed by atoms with Gasteiger partial charge in [0.05, 0.1) is 12.8 Å². The summed E-state index contributed by atoms with van der Waals surface area (Å²) in [5, 5.41) is 15.2. The summed E-state index contributed by atoms with van der Waals surface area (Å²) < 4.78 is 5.10. The van der Waals surface area contributed by atoms with Crippen LogP contribution in [-0.2, 0) is 11.4 Å². The van der Waals surface area contributed by atoms with Gasteiger partial charge in [-0.25, -0.2) is 4.98 Å². The van der Waals surface area contributed by atoms with E-state index in [1.165, 1.54) is 11.3 Å². The second kappa shape index (κ2) is 6.54. The molecule has 102 valence electrons. The zero-order chi connectivity index (χ0) is 14.4. The minimum Gasteiger partial charge on any atom is -0.497 e. The molecule has 0 bridgehead atoms. The average molecular weight is 288 g/mol. The van der Waals surface area contributed by atoms with Crippen molar-refractivity contribution in [2.45, 2.75) is 6.61 Å². The fourth-order valence-electron chi connectivity index (χ4n) is 1.46. The molecule has 2 N–H and O–H groups in total. The molecule has 20 heavy (non-hydrogen) atoms. The summed E-state index contributed by atoms with van der Waals surface area (Å²) in [6, 6.07) is 9.03. The molecule has 2 rings (SSSR count). The molecule has 0 fully saturated rings. The Hall–Kier alpha value is -2.59. The van der Waals surface area contributed by atoms with E-state index in [-0.39, 0.29) is 12.3 Å². The molecule has 7 heteroatoms. The Morgan fingerprint density at radius 2 is 2.40 bits per heavy atom. The quantitative estimate of drug-likeness (QED) is 0.672. The van der Waals surface area contributed by atoms with Crippen molar-refractivity contribution in [3.05, 3.63) is 40.9 Å². The fraction of sp³-hybridized carbons (Fsp3) is 0.154. The number of methoxy groups -OCH3 is 1. The van der Waals surface area contributed by atoms with Gasteiger partial charge in [0.15, 0.2) is 17.5 Å². The molecular weight excluding hydrogens is 276 g/mol. The predicted molar refractivity (Wildman–Crippen MR) is 76.5 cm³/mol. The summed E-state index contributed by atoms with van der Waals surface area (Å²) in [4.78, 5) is 9.16. The van der Waals surface area contributed by atoms with Gasteiger partial charge in [-0.15, -0.1) is 11.3 Å². The highest BCUT2D eigenvalue weighted by Crippen LogP contribution is 2.14. The molecule has 0 radical (unpaired) electrons. The van der Waals surface area contributed by atoms with Crippen molar-refractivity contribution in [1.82, 2.24) is 4.98 Å². The predicted octanol–water partition coefficient (Wildman–Crippen LogP) is 2.18. The number of nitrogens with two attached hydrogens (primary N) is 1. The van der Waals surface area contributed by atoms with Gasteiger partial charge in [-0.2, -0.15) is 5.26 Å². The van der Waals surface area contributed by atoms with Gasteiger partial charge in [0, 0.05) is 10.9 Å². The Bertz CT molecular complexity index is 660. The van der Waals surface area contributed by atoms with Gasteiger partial charge in [-0.05, 0) is 12.1 Å². The molecule has 0 aliphatic carbocycles. The Labute approximate surface area is 120 Å². The number of aromatic nitrogens is 1. The minimum atomic E-state index is 0.169. The number of hydrogen-bond donors (Lipinski definition) is 1. The second-order valence-electron chi connectivity index (χ2n) is 3.73. The first kappa shape index (κ1) is 13.8. The molecule has 0 aliphatic rings. The summed E-state index contributed by atoms with van der Waals surface area (Å²) >= 11 is 1.33.